The van der Waals surface area contributed by atoms with Gasteiger partial charge in [0.15, 0.2) is 0 Å². The molecule has 2 aliphatic carbocycles. The van der Waals surface area contributed by atoms with Crippen molar-refractivity contribution in [2.45, 2.75) is 25.3 Å². The van der Waals surface area contributed by atoms with Crippen molar-refractivity contribution in [1.29, 1.82) is 0 Å². The Morgan fingerprint density at radius 1 is 1.39 bits per heavy atom. The summed E-state index contributed by atoms with van der Waals surface area (Å²) >= 11 is 3.29. The molecule has 2 saturated carbocycles. The number of amides is 2. The van der Waals surface area contributed by atoms with Crippen molar-refractivity contribution >= 4 is 33.6 Å². The van der Waals surface area contributed by atoms with Gasteiger partial charge in [0.2, 0.25) is 11.8 Å². The number of pyridine rings is 1. The third-order valence-corrected chi connectivity index (χ3v) is 5.49. The van der Waals surface area contributed by atoms with Gasteiger partial charge in [0.05, 0.1) is 12.5 Å². The van der Waals surface area contributed by atoms with Gasteiger partial charge >= 0.3 is 0 Å². The molecular weight excluding hydrogens is 360 g/mol. The van der Waals surface area contributed by atoms with Crippen molar-refractivity contribution in [3.8, 4) is 0 Å². The summed E-state index contributed by atoms with van der Waals surface area (Å²) in [5.41, 5.74) is 6.21. The number of carbonyl (C=O) groups is 2. The number of aromatic nitrogens is 1. The van der Waals surface area contributed by atoms with Gasteiger partial charge in [-0.1, -0.05) is 0 Å². The van der Waals surface area contributed by atoms with Crippen LogP contribution >= 0.6 is 15.9 Å². The van der Waals surface area contributed by atoms with Crippen LogP contribution in [0, 0.1) is 17.8 Å². The first-order valence-corrected chi connectivity index (χ1v) is 8.67. The minimum absolute atomic E-state index is 0.0105. The number of nitrogens with zero attached hydrogens (tertiary/aromatic N) is 2. The number of likely N-dealkylation sites (N-methyl/N-ethyl adjacent to an activating group) is 1. The Balaban J connectivity index is 1.56. The number of fused-ring (bicyclic) bond motifs is 2. The molecule has 1 heterocycles. The number of nitrogens with two attached hydrogens (primary N) is 1. The molecule has 7 heteroatoms. The number of hydrogen-bond donors (Lipinski definition) is 2. The molecule has 1 aromatic rings. The van der Waals surface area contributed by atoms with Crippen LogP contribution in [0.1, 0.15) is 19.3 Å². The van der Waals surface area contributed by atoms with Crippen LogP contribution in [-0.2, 0) is 9.59 Å². The minimum atomic E-state index is -0.257. The van der Waals surface area contributed by atoms with E-state index in [2.05, 4.69) is 26.2 Å². The van der Waals surface area contributed by atoms with Gasteiger partial charge in [0.1, 0.15) is 5.82 Å². The molecule has 0 aliphatic heterocycles. The number of halogens is 1. The Labute approximate surface area is 143 Å². The van der Waals surface area contributed by atoms with Crippen LogP contribution in [0.15, 0.2) is 22.8 Å². The summed E-state index contributed by atoms with van der Waals surface area (Å²) in [5.74, 6) is 0.938. The lowest BCUT2D eigenvalue weighted by atomic mass is 9.84. The van der Waals surface area contributed by atoms with Crippen LogP contribution < -0.4 is 11.1 Å². The highest BCUT2D eigenvalue weighted by Gasteiger charge is 2.49. The Kier molecular flexibility index (Phi) is 4.68. The van der Waals surface area contributed by atoms with Gasteiger partial charge in [-0.15, -0.1) is 0 Å². The normalized spacial score (nSPS) is 28.7. The SMILES string of the molecule is CN(CC(=O)Nc1ccc(Br)cn1)C(=O)C1C2CCC(C2)C1N. The molecule has 2 bridgehead atoms. The van der Waals surface area contributed by atoms with Crippen LogP contribution in [0.25, 0.3) is 0 Å². The zero-order valence-electron chi connectivity index (χ0n) is 13.0. The summed E-state index contributed by atoms with van der Waals surface area (Å²) in [6, 6.07) is 3.45. The van der Waals surface area contributed by atoms with Gasteiger partial charge in [-0.2, -0.15) is 0 Å². The fourth-order valence-corrected chi connectivity index (χ4v) is 4.12. The Morgan fingerprint density at radius 3 is 2.74 bits per heavy atom. The predicted molar refractivity (Wildman–Crippen MR) is 90.5 cm³/mol. The largest absolute Gasteiger partial charge is 0.336 e. The number of anilines is 1. The molecule has 2 aliphatic rings. The number of hydrogen-bond acceptors (Lipinski definition) is 4. The fourth-order valence-electron chi connectivity index (χ4n) is 3.88. The lowest BCUT2D eigenvalue weighted by Crippen LogP contribution is -2.47. The zero-order chi connectivity index (χ0) is 16.6. The van der Waals surface area contributed by atoms with Crippen molar-refractivity contribution in [2.24, 2.45) is 23.5 Å². The Bertz CT molecular complexity index is 605. The van der Waals surface area contributed by atoms with Gasteiger partial charge in [-0.25, -0.2) is 4.98 Å². The van der Waals surface area contributed by atoms with Crippen LogP contribution in [0.5, 0.6) is 0 Å². The molecular formula is C16H21BrN4O2. The predicted octanol–water partition coefficient (Wildman–Crippen LogP) is 1.61. The second-order valence-electron chi connectivity index (χ2n) is 6.54. The molecule has 0 spiro atoms. The first kappa shape index (κ1) is 16.4. The van der Waals surface area contributed by atoms with Crippen LogP contribution in [-0.4, -0.2) is 41.3 Å². The lowest BCUT2D eigenvalue weighted by Gasteiger charge is -2.30. The standard InChI is InChI=1S/C16H21BrN4O2/c1-21(8-13(22)20-12-5-4-11(17)7-19-12)16(23)14-9-2-3-10(6-9)15(14)18/h4-5,7,9-10,14-15H,2-3,6,8,18H2,1H3,(H,19,20,22). The average molecular weight is 381 g/mol. The Morgan fingerprint density at radius 2 is 2.13 bits per heavy atom. The fraction of sp³-hybridized carbons (Fsp3) is 0.562. The van der Waals surface area contributed by atoms with Crippen molar-refractivity contribution < 1.29 is 9.59 Å². The quantitative estimate of drug-likeness (QED) is 0.830. The summed E-state index contributed by atoms with van der Waals surface area (Å²) in [5, 5.41) is 2.69. The van der Waals surface area contributed by atoms with Gasteiger partial charge in [-0.05, 0) is 59.2 Å². The monoisotopic (exact) mass is 380 g/mol. The van der Waals surface area contributed by atoms with Crippen molar-refractivity contribution in [3.63, 3.8) is 0 Å². The van der Waals surface area contributed by atoms with Gasteiger partial charge in [0, 0.05) is 23.8 Å². The van der Waals surface area contributed by atoms with Gasteiger partial charge in [0.25, 0.3) is 0 Å². The zero-order valence-corrected chi connectivity index (χ0v) is 14.6. The molecule has 3 rings (SSSR count). The number of nitrogens with one attached hydrogen (secondary N) is 1. The van der Waals surface area contributed by atoms with E-state index in [0.717, 1.165) is 23.7 Å². The molecule has 0 radical (unpaired) electrons. The molecule has 124 valence electrons. The smallest absolute Gasteiger partial charge is 0.245 e. The van der Waals surface area contributed by atoms with E-state index >= 15 is 0 Å². The van der Waals surface area contributed by atoms with Gasteiger partial charge in [-0.3, -0.25) is 9.59 Å². The molecule has 23 heavy (non-hydrogen) atoms. The van der Waals surface area contributed by atoms with E-state index in [0.29, 0.717) is 17.7 Å². The summed E-state index contributed by atoms with van der Waals surface area (Å²) < 4.78 is 0.841. The molecule has 4 unspecified atom stereocenters. The summed E-state index contributed by atoms with van der Waals surface area (Å²) in [6.07, 6.45) is 4.88. The highest BCUT2D eigenvalue weighted by molar-refractivity contribution is 9.10. The maximum Gasteiger partial charge on any atom is 0.245 e. The molecule has 4 atom stereocenters. The van der Waals surface area contributed by atoms with E-state index < -0.39 is 0 Å². The van der Waals surface area contributed by atoms with Crippen molar-refractivity contribution in [1.82, 2.24) is 9.88 Å². The molecule has 3 N–H and O–H groups in total. The molecule has 6 nitrogen and oxygen atoms in total. The molecule has 0 saturated heterocycles. The van der Waals surface area contributed by atoms with E-state index in [1.165, 1.54) is 4.90 Å². The number of rotatable bonds is 4. The molecule has 2 fully saturated rings. The second-order valence-corrected chi connectivity index (χ2v) is 7.46. The average Bonchev–Trinajstić information content (AvgIpc) is 3.10. The highest BCUT2D eigenvalue weighted by Crippen LogP contribution is 2.48. The molecule has 2 amide bonds. The topological polar surface area (TPSA) is 88.3 Å². The maximum absolute atomic E-state index is 12.6. The van der Waals surface area contributed by atoms with Gasteiger partial charge < -0.3 is 16.0 Å². The first-order valence-electron chi connectivity index (χ1n) is 7.87. The molecule has 1 aromatic heterocycles. The van der Waals surface area contributed by atoms with Crippen molar-refractivity contribution in [2.75, 3.05) is 18.9 Å². The van der Waals surface area contributed by atoms with E-state index in [-0.39, 0.29) is 30.3 Å². The number of carbonyl (C=O) groups excluding carboxylic acids is 2. The maximum atomic E-state index is 12.6. The first-order chi connectivity index (χ1) is 11.0. The minimum Gasteiger partial charge on any atom is -0.336 e. The van der Waals surface area contributed by atoms with Crippen molar-refractivity contribution in [3.05, 3.63) is 22.8 Å². The molecule has 0 aromatic carbocycles. The summed E-state index contributed by atoms with van der Waals surface area (Å²) in [6.45, 7) is 0.0111. The lowest BCUT2D eigenvalue weighted by molar-refractivity contribution is -0.138. The van der Waals surface area contributed by atoms with Crippen LogP contribution in [0.3, 0.4) is 0 Å². The third kappa shape index (κ3) is 3.40. The van der Waals surface area contributed by atoms with E-state index in [4.69, 9.17) is 5.73 Å². The summed E-state index contributed by atoms with van der Waals surface area (Å²) in [7, 11) is 1.66. The van der Waals surface area contributed by atoms with E-state index in [9.17, 15) is 9.59 Å². The Hall–Kier alpha value is -1.47. The van der Waals surface area contributed by atoms with E-state index in [1.54, 1.807) is 25.4 Å². The van der Waals surface area contributed by atoms with E-state index in [1.807, 2.05) is 0 Å². The third-order valence-electron chi connectivity index (χ3n) is 5.02. The highest BCUT2D eigenvalue weighted by atomic mass is 79.9. The van der Waals surface area contributed by atoms with Crippen LogP contribution in [0.2, 0.25) is 0 Å². The second kappa shape index (κ2) is 6.57. The van der Waals surface area contributed by atoms with Crippen LogP contribution in [0.4, 0.5) is 5.82 Å². The summed E-state index contributed by atoms with van der Waals surface area (Å²) in [4.78, 5) is 30.3.